The lowest BCUT2D eigenvalue weighted by molar-refractivity contribution is 0.280. The maximum Gasteiger partial charge on any atom is 0.106 e. The number of aliphatic hydroxyl groups excluding tert-OH is 1. The number of hydrogen-bond donors (Lipinski definition) is 1. The second-order valence-corrected chi connectivity index (χ2v) is 2.90. The fraction of sp³-hybridized carbons (Fsp3) is 0.286. The molecule has 0 bridgehead atoms. The van der Waals surface area contributed by atoms with Gasteiger partial charge < -0.3 is 5.11 Å². The summed E-state index contributed by atoms with van der Waals surface area (Å²) in [5.41, 5.74) is 1.94. The quantitative estimate of drug-likeness (QED) is 0.702. The van der Waals surface area contributed by atoms with Crippen LogP contribution in [0.2, 0.25) is 0 Å². The highest BCUT2D eigenvalue weighted by molar-refractivity contribution is 9.10. The van der Waals surface area contributed by atoms with Crippen LogP contribution >= 0.6 is 15.9 Å². The normalized spacial score (nSPS) is 9.90. The van der Waals surface area contributed by atoms with Gasteiger partial charge in [-0.25, -0.2) is 4.98 Å². The van der Waals surface area contributed by atoms with Crippen molar-refractivity contribution in [2.45, 2.75) is 13.5 Å². The Morgan fingerprint density at radius 3 is 2.90 bits per heavy atom. The van der Waals surface area contributed by atoms with E-state index in [2.05, 4.69) is 20.9 Å². The summed E-state index contributed by atoms with van der Waals surface area (Å²) in [5.74, 6) is 0. The minimum atomic E-state index is 0.0616. The van der Waals surface area contributed by atoms with Gasteiger partial charge in [0.1, 0.15) is 4.60 Å². The number of halogens is 1. The molecule has 0 aromatic carbocycles. The number of rotatable bonds is 1. The predicted octanol–water partition coefficient (Wildman–Crippen LogP) is 1.64. The zero-order chi connectivity index (χ0) is 7.56. The highest BCUT2D eigenvalue weighted by atomic mass is 79.9. The van der Waals surface area contributed by atoms with Gasteiger partial charge in [-0.2, -0.15) is 0 Å². The molecule has 0 fully saturated rings. The second kappa shape index (κ2) is 3.12. The van der Waals surface area contributed by atoms with E-state index in [0.29, 0.717) is 0 Å². The van der Waals surface area contributed by atoms with Crippen LogP contribution in [-0.4, -0.2) is 10.1 Å². The molecule has 0 aliphatic rings. The molecular formula is C7H8BrNO. The average Bonchev–Trinajstić information content (AvgIpc) is 1.88. The van der Waals surface area contributed by atoms with Crippen molar-refractivity contribution in [2.75, 3.05) is 0 Å². The standard InChI is InChI=1S/C7H8BrNO/c1-5-2-7(8)9-3-6(5)4-10/h2-3,10H,4H2,1H3. The molecule has 0 aliphatic carbocycles. The summed E-state index contributed by atoms with van der Waals surface area (Å²) in [5, 5.41) is 8.75. The van der Waals surface area contributed by atoms with Gasteiger partial charge in [0.05, 0.1) is 6.61 Å². The molecule has 0 saturated heterocycles. The van der Waals surface area contributed by atoms with Crippen LogP contribution in [-0.2, 0) is 6.61 Å². The largest absolute Gasteiger partial charge is 0.392 e. The number of hydrogen-bond acceptors (Lipinski definition) is 2. The Balaban J connectivity index is 3.07. The number of nitrogens with zero attached hydrogens (tertiary/aromatic N) is 1. The van der Waals surface area contributed by atoms with Crippen molar-refractivity contribution in [1.29, 1.82) is 0 Å². The predicted molar refractivity (Wildman–Crippen MR) is 42.6 cm³/mol. The first kappa shape index (κ1) is 7.69. The SMILES string of the molecule is Cc1cc(Br)ncc1CO. The lowest BCUT2D eigenvalue weighted by Gasteiger charge is -1.99. The lowest BCUT2D eigenvalue weighted by Crippen LogP contribution is -1.89. The molecule has 54 valence electrons. The Bertz CT molecular complexity index is 237. The molecule has 1 N–H and O–H groups in total. The molecule has 3 heteroatoms. The molecular weight excluding hydrogens is 194 g/mol. The van der Waals surface area contributed by atoms with Crippen LogP contribution in [0.4, 0.5) is 0 Å². The molecule has 0 spiro atoms. The molecule has 0 unspecified atom stereocenters. The van der Waals surface area contributed by atoms with Gasteiger partial charge in [-0.3, -0.25) is 0 Å². The monoisotopic (exact) mass is 201 g/mol. The number of aliphatic hydroxyl groups is 1. The van der Waals surface area contributed by atoms with Crippen LogP contribution in [0.1, 0.15) is 11.1 Å². The molecule has 0 aliphatic heterocycles. The molecule has 0 atom stereocenters. The summed E-state index contributed by atoms with van der Waals surface area (Å²) in [6.07, 6.45) is 1.67. The van der Waals surface area contributed by atoms with Gasteiger partial charge in [0.25, 0.3) is 0 Å². The van der Waals surface area contributed by atoms with E-state index in [1.165, 1.54) is 0 Å². The van der Waals surface area contributed by atoms with Crippen molar-refractivity contribution < 1.29 is 5.11 Å². The van der Waals surface area contributed by atoms with E-state index >= 15 is 0 Å². The third-order valence-electron chi connectivity index (χ3n) is 1.36. The Kier molecular flexibility index (Phi) is 2.40. The van der Waals surface area contributed by atoms with E-state index < -0.39 is 0 Å². The van der Waals surface area contributed by atoms with Gasteiger partial charge in [0.15, 0.2) is 0 Å². The summed E-state index contributed by atoms with van der Waals surface area (Å²) < 4.78 is 0.808. The van der Waals surface area contributed by atoms with Crippen LogP contribution in [0.5, 0.6) is 0 Å². The molecule has 2 nitrogen and oxygen atoms in total. The van der Waals surface area contributed by atoms with E-state index in [4.69, 9.17) is 5.11 Å². The van der Waals surface area contributed by atoms with Crippen LogP contribution in [0.15, 0.2) is 16.9 Å². The van der Waals surface area contributed by atoms with E-state index in [1.807, 2.05) is 13.0 Å². The van der Waals surface area contributed by atoms with Crippen molar-refractivity contribution in [3.05, 3.63) is 28.0 Å². The van der Waals surface area contributed by atoms with Gasteiger partial charge in [-0.15, -0.1) is 0 Å². The van der Waals surface area contributed by atoms with Crippen molar-refractivity contribution in [2.24, 2.45) is 0 Å². The Morgan fingerprint density at radius 2 is 2.40 bits per heavy atom. The Labute approximate surface area is 68.0 Å². The number of pyridine rings is 1. The smallest absolute Gasteiger partial charge is 0.106 e. The number of aromatic nitrogens is 1. The molecule has 0 saturated carbocycles. The summed E-state index contributed by atoms with van der Waals surface area (Å²) in [7, 11) is 0. The van der Waals surface area contributed by atoms with Gasteiger partial charge in [0, 0.05) is 6.20 Å². The molecule has 1 aromatic heterocycles. The molecule has 1 aromatic rings. The first-order chi connectivity index (χ1) is 4.74. The van der Waals surface area contributed by atoms with Crippen LogP contribution in [0.3, 0.4) is 0 Å². The van der Waals surface area contributed by atoms with E-state index in [0.717, 1.165) is 15.7 Å². The van der Waals surface area contributed by atoms with E-state index in [9.17, 15) is 0 Å². The average molecular weight is 202 g/mol. The van der Waals surface area contributed by atoms with Crippen molar-refractivity contribution >= 4 is 15.9 Å². The second-order valence-electron chi connectivity index (χ2n) is 2.09. The molecule has 1 heterocycles. The highest BCUT2D eigenvalue weighted by Crippen LogP contribution is 2.11. The minimum Gasteiger partial charge on any atom is -0.392 e. The van der Waals surface area contributed by atoms with E-state index in [1.54, 1.807) is 6.20 Å². The van der Waals surface area contributed by atoms with Crippen molar-refractivity contribution in [1.82, 2.24) is 4.98 Å². The minimum absolute atomic E-state index is 0.0616. The summed E-state index contributed by atoms with van der Waals surface area (Å²) in [4.78, 5) is 3.97. The van der Waals surface area contributed by atoms with Gasteiger partial charge in [-0.05, 0) is 40.0 Å². The zero-order valence-corrected chi connectivity index (χ0v) is 7.22. The third kappa shape index (κ3) is 1.55. The van der Waals surface area contributed by atoms with Crippen LogP contribution < -0.4 is 0 Å². The fourth-order valence-corrected chi connectivity index (χ4v) is 1.16. The summed E-state index contributed by atoms with van der Waals surface area (Å²) in [6, 6.07) is 1.88. The first-order valence-corrected chi connectivity index (χ1v) is 3.75. The Morgan fingerprint density at radius 1 is 1.70 bits per heavy atom. The van der Waals surface area contributed by atoms with E-state index in [-0.39, 0.29) is 6.61 Å². The summed E-state index contributed by atoms with van der Waals surface area (Å²) >= 11 is 3.23. The molecule has 0 amide bonds. The molecule has 1 rings (SSSR count). The molecule has 0 radical (unpaired) electrons. The van der Waals surface area contributed by atoms with Crippen LogP contribution in [0, 0.1) is 6.92 Å². The van der Waals surface area contributed by atoms with Gasteiger partial charge in [-0.1, -0.05) is 0 Å². The summed E-state index contributed by atoms with van der Waals surface area (Å²) in [6.45, 7) is 2.00. The fourth-order valence-electron chi connectivity index (χ4n) is 0.716. The maximum absolute atomic E-state index is 8.75. The van der Waals surface area contributed by atoms with Gasteiger partial charge in [0.2, 0.25) is 0 Å². The Hall–Kier alpha value is -0.410. The van der Waals surface area contributed by atoms with Gasteiger partial charge >= 0.3 is 0 Å². The highest BCUT2D eigenvalue weighted by Gasteiger charge is 1.96. The number of aryl methyl sites for hydroxylation is 1. The zero-order valence-electron chi connectivity index (χ0n) is 5.63. The molecule has 10 heavy (non-hydrogen) atoms. The van der Waals surface area contributed by atoms with Crippen LogP contribution in [0.25, 0.3) is 0 Å². The topological polar surface area (TPSA) is 33.1 Å². The lowest BCUT2D eigenvalue weighted by atomic mass is 10.2. The van der Waals surface area contributed by atoms with Crippen molar-refractivity contribution in [3.63, 3.8) is 0 Å². The third-order valence-corrected chi connectivity index (χ3v) is 1.79. The first-order valence-electron chi connectivity index (χ1n) is 2.96. The maximum atomic E-state index is 8.75. The van der Waals surface area contributed by atoms with Crippen molar-refractivity contribution in [3.8, 4) is 0 Å².